The maximum Gasteiger partial charge on any atom is 0.225 e. The van der Waals surface area contributed by atoms with Crippen LogP contribution in [-0.4, -0.2) is 15.0 Å². The Labute approximate surface area is 135 Å². The van der Waals surface area contributed by atoms with Crippen LogP contribution in [0.1, 0.15) is 17.0 Å². The molecule has 2 N–H and O–H groups in total. The van der Waals surface area contributed by atoms with Gasteiger partial charge in [0, 0.05) is 23.6 Å². The van der Waals surface area contributed by atoms with Crippen LogP contribution in [0.5, 0.6) is 0 Å². The van der Waals surface area contributed by atoms with Gasteiger partial charge in [0.2, 0.25) is 5.95 Å². The van der Waals surface area contributed by atoms with E-state index in [1.54, 1.807) is 6.20 Å². The highest BCUT2D eigenvalue weighted by atomic mass is 15.1. The van der Waals surface area contributed by atoms with Crippen LogP contribution >= 0.6 is 0 Å². The molecule has 2 heterocycles. The van der Waals surface area contributed by atoms with Crippen molar-refractivity contribution in [1.29, 1.82) is 0 Å². The molecule has 0 saturated carbocycles. The molecule has 5 heteroatoms. The molecule has 0 spiro atoms. The maximum atomic E-state index is 4.51. The molecule has 0 aliphatic heterocycles. The lowest BCUT2D eigenvalue weighted by Gasteiger charge is -2.10. The second-order valence-electron chi connectivity index (χ2n) is 5.39. The van der Waals surface area contributed by atoms with E-state index in [2.05, 4.69) is 44.6 Å². The fourth-order valence-electron chi connectivity index (χ4n) is 2.25. The molecule has 0 fully saturated rings. The molecule has 0 saturated heterocycles. The maximum absolute atomic E-state index is 4.51. The Bertz CT molecular complexity index is 786. The van der Waals surface area contributed by atoms with Gasteiger partial charge in [-0.3, -0.25) is 4.98 Å². The zero-order valence-electron chi connectivity index (χ0n) is 13.2. The average molecular weight is 305 g/mol. The van der Waals surface area contributed by atoms with Gasteiger partial charge in [-0.2, -0.15) is 4.98 Å². The number of nitrogens with zero attached hydrogens (tertiary/aromatic N) is 3. The number of hydrogen-bond donors (Lipinski definition) is 2. The van der Waals surface area contributed by atoms with Crippen molar-refractivity contribution < 1.29 is 0 Å². The molecule has 0 atom stereocenters. The van der Waals surface area contributed by atoms with Crippen molar-refractivity contribution >= 4 is 17.5 Å². The van der Waals surface area contributed by atoms with Crippen molar-refractivity contribution in [1.82, 2.24) is 15.0 Å². The average Bonchev–Trinajstić information content (AvgIpc) is 2.53. The number of aromatic nitrogens is 3. The predicted molar refractivity (Wildman–Crippen MR) is 92.8 cm³/mol. The number of hydrogen-bond acceptors (Lipinski definition) is 5. The molecule has 5 nitrogen and oxygen atoms in total. The van der Waals surface area contributed by atoms with Crippen LogP contribution in [0.2, 0.25) is 0 Å². The topological polar surface area (TPSA) is 62.7 Å². The molecule has 2 aromatic heterocycles. The van der Waals surface area contributed by atoms with Gasteiger partial charge in [-0.1, -0.05) is 18.2 Å². The fourth-order valence-corrected chi connectivity index (χ4v) is 2.25. The summed E-state index contributed by atoms with van der Waals surface area (Å²) in [6.07, 6.45) is 1.78. The van der Waals surface area contributed by atoms with Crippen LogP contribution in [0.25, 0.3) is 0 Å². The van der Waals surface area contributed by atoms with E-state index in [1.165, 1.54) is 5.56 Å². The number of nitrogens with one attached hydrogen (secondary N) is 2. The highest BCUT2D eigenvalue weighted by molar-refractivity contribution is 5.58. The fraction of sp³-hybridized carbons (Fsp3) is 0.167. The third kappa shape index (κ3) is 4.26. The van der Waals surface area contributed by atoms with E-state index in [0.29, 0.717) is 12.5 Å². The molecule has 3 aromatic rings. The Morgan fingerprint density at radius 3 is 2.65 bits per heavy atom. The highest BCUT2D eigenvalue weighted by Gasteiger charge is 2.03. The van der Waals surface area contributed by atoms with Crippen molar-refractivity contribution in [2.45, 2.75) is 20.4 Å². The highest BCUT2D eigenvalue weighted by Crippen LogP contribution is 2.18. The van der Waals surface area contributed by atoms with Crippen LogP contribution in [0.15, 0.2) is 54.7 Å². The number of benzene rings is 1. The van der Waals surface area contributed by atoms with Gasteiger partial charge in [-0.15, -0.1) is 0 Å². The van der Waals surface area contributed by atoms with Gasteiger partial charge >= 0.3 is 0 Å². The summed E-state index contributed by atoms with van der Waals surface area (Å²) in [6.45, 7) is 4.61. The molecule has 0 aliphatic carbocycles. The summed E-state index contributed by atoms with van der Waals surface area (Å²) < 4.78 is 0. The minimum absolute atomic E-state index is 0.589. The van der Waals surface area contributed by atoms with E-state index in [4.69, 9.17) is 0 Å². The minimum Gasteiger partial charge on any atom is -0.349 e. The molecule has 116 valence electrons. The summed E-state index contributed by atoms with van der Waals surface area (Å²) in [4.78, 5) is 13.2. The summed E-state index contributed by atoms with van der Waals surface area (Å²) in [5.74, 6) is 1.36. The summed E-state index contributed by atoms with van der Waals surface area (Å²) in [5, 5.41) is 6.53. The van der Waals surface area contributed by atoms with E-state index in [0.717, 1.165) is 22.9 Å². The van der Waals surface area contributed by atoms with Gasteiger partial charge in [0.05, 0.1) is 12.2 Å². The van der Waals surface area contributed by atoms with Crippen molar-refractivity contribution in [3.63, 3.8) is 0 Å². The lowest BCUT2D eigenvalue weighted by atomic mass is 10.2. The number of pyridine rings is 1. The summed E-state index contributed by atoms with van der Waals surface area (Å²) in [7, 11) is 0. The monoisotopic (exact) mass is 305 g/mol. The van der Waals surface area contributed by atoms with Crippen molar-refractivity contribution in [3.05, 3.63) is 71.7 Å². The second kappa shape index (κ2) is 6.87. The SMILES string of the molecule is Cc1cccc(Nc2cc(C)nc(NCc3ccccn3)n2)c1. The zero-order valence-corrected chi connectivity index (χ0v) is 13.2. The zero-order chi connectivity index (χ0) is 16.1. The van der Waals surface area contributed by atoms with Crippen molar-refractivity contribution in [3.8, 4) is 0 Å². The Morgan fingerprint density at radius 1 is 0.957 bits per heavy atom. The lowest BCUT2D eigenvalue weighted by Crippen LogP contribution is -2.07. The van der Waals surface area contributed by atoms with E-state index in [9.17, 15) is 0 Å². The standard InChI is InChI=1S/C18H19N5/c1-13-6-5-8-15(10-13)22-17-11-14(2)21-18(23-17)20-12-16-7-3-4-9-19-16/h3-11H,12H2,1-2H3,(H2,20,21,22,23). The first-order valence-corrected chi connectivity index (χ1v) is 7.52. The van der Waals surface area contributed by atoms with Crippen LogP contribution in [0.4, 0.5) is 17.5 Å². The largest absolute Gasteiger partial charge is 0.349 e. The summed E-state index contributed by atoms with van der Waals surface area (Å²) >= 11 is 0. The molecule has 1 aromatic carbocycles. The van der Waals surface area contributed by atoms with Gasteiger partial charge < -0.3 is 10.6 Å². The first kappa shape index (κ1) is 15.0. The van der Waals surface area contributed by atoms with Gasteiger partial charge in [-0.05, 0) is 43.7 Å². The molecule has 0 bridgehead atoms. The summed E-state index contributed by atoms with van der Waals surface area (Å²) in [6, 6.07) is 15.9. The quantitative estimate of drug-likeness (QED) is 0.750. The molecular weight excluding hydrogens is 286 g/mol. The molecule has 0 aliphatic rings. The first-order valence-electron chi connectivity index (χ1n) is 7.52. The van der Waals surface area contributed by atoms with Crippen LogP contribution < -0.4 is 10.6 Å². The number of aryl methyl sites for hydroxylation is 2. The molecule has 3 rings (SSSR count). The third-order valence-electron chi connectivity index (χ3n) is 3.30. The van der Waals surface area contributed by atoms with E-state index in [-0.39, 0.29) is 0 Å². The molecular formula is C18H19N5. The normalized spacial score (nSPS) is 10.3. The minimum atomic E-state index is 0.589. The van der Waals surface area contributed by atoms with Crippen molar-refractivity contribution in [2.24, 2.45) is 0 Å². The van der Waals surface area contributed by atoms with Crippen LogP contribution in [0, 0.1) is 13.8 Å². The Balaban J connectivity index is 1.73. The van der Waals surface area contributed by atoms with Gasteiger partial charge in [-0.25, -0.2) is 4.98 Å². The second-order valence-corrected chi connectivity index (χ2v) is 5.39. The third-order valence-corrected chi connectivity index (χ3v) is 3.30. The number of rotatable bonds is 5. The van der Waals surface area contributed by atoms with E-state index in [1.807, 2.05) is 43.3 Å². The van der Waals surface area contributed by atoms with Gasteiger partial charge in [0.25, 0.3) is 0 Å². The number of anilines is 3. The van der Waals surface area contributed by atoms with Gasteiger partial charge in [0.1, 0.15) is 5.82 Å². The van der Waals surface area contributed by atoms with Crippen LogP contribution in [-0.2, 0) is 6.54 Å². The molecule has 0 radical (unpaired) electrons. The van der Waals surface area contributed by atoms with Gasteiger partial charge in [0.15, 0.2) is 0 Å². The van der Waals surface area contributed by atoms with E-state index >= 15 is 0 Å². The van der Waals surface area contributed by atoms with Crippen LogP contribution in [0.3, 0.4) is 0 Å². The Hall–Kier alpha value is -2.95. The summed E-state index contributed by atoms with van der Waals surface area (Å²) in [5.41, 5.74) is 4.07. The molecule has 0 unspecified atom stereocenters. The molecule has 0 amide bonds. The first-order chi connectivity index (χ1) is 11.2. The smallest absolute Gasteiger partial charge is 0.225 e. The predicted octanol–water partition coefficient (Wildman–Crippen LogP) is 3.84. The van der Waals surface area contributed by atoms with E-state index < -0.39 is 0 Å². The lowest BCUT2D eigenvalue weighted by molar-refractivity contribution is 0.991. The Morgan fingerprint density at radius 2 is 1.87 bits per heavy atom. The molecule has 23 heavy (non-hydrogen) atoms. The van der Waals surface area contributed by atoms with Crippen molar-refractivity contribution in [2.75, 3.05) is 10.6 Å². The Kier molecular flexibility index (Phi) is 4.47.